The van der Waals surface area contributed by atoms with Gasteiger partial charge < -0.3 is 30.5 Å². The Kier molecular flexibility index (Phi) is 11.4. The highest BCUT2D eigenvalue weighted by atomic mass is 19.1. The maximum atomic E-state index is 14.3. The first-order valence-electron chi connectivity index (χ1n) is 16.2. The molecule has 1 aromatic heterocycles. The Bertz CT molecular complexity index is 1470. The predicted octanol–water partition coefficient (Wildman–Crippen LogP) is 4.57. The zero-order valence-corrected chi connectivity index (χ0v) is 27.3. The molecule has 2 heterocycles. The number of rotatable bonds is 14. The molecular weight excluding hydrogens is 592 g/mol. The Labute approximate surface area is 270 Å². The van der Waals surface area contributed by atoms with Crippen LogP contribution < -0.4 is 11.1 Å². The van der Waals surface area contributed by atoms with E-state index in [1.165, 1.54) is 12.1 Å². The molecule has 9 nitrogen and oxygen atoms in total. The van der Waals surface area contributed by atoms with Crippen molar-refractivity contribution in [2.75, 3.05) is 38.0 Å². The zero-order valence-electron chi connectivity index (χ0n) is 27.3. The van der Waals surface area contributed by atoms with E-state index in [-0.39, 0.29) is 36.8 Å². The fourth-order valence-corrected chi connectivity index (χ4v) is 6.88. The SMILES string of the molecule is CCCN(CCC)C(=O)C1=CC(C)=CC(C(N)=O)([C@H](Cc2cc(F)cc(F)c2)[C@@H](O)CNc2cc(C(=O)N3CCCC3)n(C)c2)C1. The highest BCUT2D eigenvalue weighted by Crippen LogP contribution is 2.44. The van der Waals surface area contributed by atoms with Crippen LogP contribution in [0.15, 0.2) is 53.8 Å². The van der Waals surface area contributed by atoms with Gasteiger partial charge in [0.25, 0.3) is 5.91 Å². The van der Waals surface area contributed by atoms with Crippen LogP contribution in [-0.4, -0.2) is 76.0 Å². The summed E-state index contributed by atoms with van der Waals surface area (Å²) in [5, 5.41) is 15.0. The number of anilines is 1. The van der Waals surface area contributed by atoms with Gasteiger partial charge in [0.2, 0.25) is 11.8 Å². The van der Waals surface area contributed by atoms with E-state index in [1.807, 2.05) is 18.7 Å². The molecule has 2 aromatic rings. The summed E-state index contributed by atoms with van der Waals surface area (Å²) >= 11 is 0. The lowest BCUT2D eigenvalue weighted by molar-refractivity contribution is -0.132. The van der Waals surface area contributed by atoms with Crippen LogP contribution >= 0.6 is 0 Å². The number of hydrogen-bond acceptors (Lipinski definition) is 5. The van der Waals surface area contributed by atoms with Crippen molar-refractivity contribution in [3.05, 3.63) is 76.7 Å². The summed E-state index contributed by atoms with van der Waals surface area (Å²) in [6, 6.07) is 4.82. The molecule has 1 fully saturated rings. The highest BCUT2D eigenvalue weighted by Gasteiger charge is 2.48. The van der Waals surface area contributed by atoms with E-state index in [0.29, 0.717) is 48.7 Å². The lowest BCUT2D eigenvalue weighted by atomic mass is 9.63. The molecule has 0 saturated carbocycles. The van der Waals surface area contributed by atoms with Crippen LogP contribution in [-0.2, 0) is 23.1 Å². The number of aromatic nitrogens is 1. The molecule has 2 aliphatic rings. The number of nitrogens with one attached hydrogen (secondary N) is 1. The predicted molar refractivity (Wildman–Crippen MR) is 174 cm³/mol. The third kappa shape index (κ3) is 7.86. The molecule has 46 heavy (non-hydrogen) atoms. The first-order valence-corrected chi connectivity index (χ1v) is 16.2. The number of allylic oxidation sites excluding steroid dienone is 2. The number of carbonyl (C=O) groups is 3. The van der Waals surface area contributed by atoms with Crippen molar-refractivity contribution in [2.45, 2.75) is 65.4 Å². The van der Waals surface area contributed by atoms with Crippen molar-refractivity contribution < 1.29 is 28.3 Å². The van der Waals surface area contributed by atoms with Crippen LogP contribution in [0.2, 0.25) is 0 Å². The van der Waals surface area contributed by atoms with Crippen LogP contribution in [0, 0.1) is 23.0 Å². The molecule has 0 radical (unpaired) electrons. The van der Waals surface area contributed by atoms with E-state index in [4.69, 9.17) is 5.73 Å². The molecule has 1 aliphatic carbocycles. The minimum atomic E-state index is -1.54. The Hall–Kier alpha value is -3.99. The summed E-state index contributed by atoms with van der Waals surface area (Å²) in [5.41, 5.74) is 6.96. The zero-order chi connectivity index (χ0) is 33.6. The van der Waals surface area contributed by atoms with Crippen LogP contribution in [0.3, 0.4) is 0 Å². The van der Waals surface area contributed by atoms with Crippen LogP contribution in [0.5, 0.6) is 0 Å². The second-order valence-electron chi connectivity index (χ2n) is 12.7. The molecule has 4 N–H and O–H groups in total. The van der Waals surface area contributed by atoms with Gasteiger partial charge in [0, 0.05) is 63.5 Å². The van der Waals surface area contributed by atoms with Crippen molar-refractivity contribution >= 4 is 23.4 Å². The Morgan fingerprint density at radius 2 is 1.70 bits per heavy atom. The average molecular weight is 640 g/mol. The fraction of sp³-hybridized carbons (Fsp3) is 0.514. The Morgan fingerprint density at radius 1 is 1.07 bits per heavy atom. The molecule has 3 atom stereocenters. The number of aliphatic hydroxyl groups is 1. The summed E-state index contributed by atoms with van der Waals surface area (Å²) in [6.07, 6.45) is 7.22. The fourth-order valence-electron chi connectivity index (χ4n) is 6.88. The number of hydrogen-bond donors (Lipinski definition) is 3. The molecule has 11 heteroatoms. The summed E-state index contributed by atoms with van der Waals surface area (Å²) < 4.78 is 30.4. The van der Waals surface area contributed by atoms with E-state index in [1.54, 1.807) is 47.9 Å². The van der Waals surface area contributed by atoms with E-state index < -0.39 is 35.0 Å². The number of likely N-dealkylation sites (tertiary alicyclic amines) is 1. The van der Waals surface area contributed by atoms with Crippen LogP contribution in [0.1, 0.15) is 68.9 Å². The Morgan fingerprint density at radius 3 is 2.28 bits per heavy atom. The number of benzene rings is 1. The number of carbonyl (C=O) groups excluding carboxylic acids is 3. The van der Waals surface area contributed by atoms with Gasteiger partial charge in [-0.1, -0.05) is 31.6 Å². The second kappa shape index (κ2) is 15.1. The molecule has 1 aliphatic heterocycles. The lowest BCUT2D eigenvalue weighted by Crippen LogP contribution is -2.51. The number of nitrogens with zero attached hydrogens (tertiary/aromatic N) is 3. The van der Waals surface area contributed by atoms with E-state index in [0.717, 1.165) is 31.7 Å². The number of halogens is 2. The summed E-state index contributed by atoms with van der Waals surface area (Å²) in [5.74, 6) is -3.55. The van der Waals surface area contributed by atoms with E-state index in [2.05, 4.69) is 5.32 Å². The van der Waals surface area contributed by atoms with Gasteiger partial charge in [-0.25, -0.2) is 8.78 Å². The molecule has 250 valence electrons. The minimum absolute atomic E-state index is 0.0590. The average Bonchev–Trinajstić information content (AvgIpc) is 3.67. The largest absolute Gasteiger partial charge is 0.391 e. The number of amides is 3. The topological polar surface area (TPSA) is 121 Å². The second-order valence-corrected chi connectivity index (χ2v) is 12.7. The van der Waals surface area contributed by atoms with Gasteiger partial charge in [-0.15, -0.1) is 0 Å². The summed E-state index contributed by atoms with van der Waals surface area (Å²) in [6.45, 7) is 8.20. The maximum Gasteiger partial charge on any atom is 0.270 e. The summed E-state index contributed by atoms with van der Waals surface area (Å²) in [4.78, 5) is 43.8. The van der Waals surface area contributed by atoms with Gasteiger partial charge in [0.15, 0.2) is 0 Å². The smallest absolute Gasteiger partial charge is 0.270 e. The summed E-state index contributed by atoms with van der Waals surface area (Å²) in [7, 11) is 1.77. The van der Waals surface area contributed by atoms with Gasteiger partial charge in [0.05, 0.1) is 17.2 Å². The van der Waals surface area contributed by atoms with Crippen molar-refractivity contribution in [1.82, 2.24) is 14.4 Å². The maximum absolute atomic E-state index is 14.3. The molecule has 3 amide bonds. The van der Waals surface area contributed by atoms with Crippen LogP contribution in [0.25, 0.3) is 0 Å². The normalized spacial score (nSPS) is 19.3. The molecule has 4 rings (SSSR count). The quantitative estimate of drug-likeness (QED) is 0.280. The number of primary amides is 1. The monoisotopic (exact) mass is 639 g/mol. The molecular formula is C35H47F2N5O4. The number of aliphatic hydroxyl groups excluding tert-OH is 1. The van der Waals surface area contributed by atoms with Crippen molar-refractivity contribution in [2.24, 2.45) is 24.1 Å². The van der Waals surface area contributed by atoms with E-state index >= 15 is 0 Å². The van der Waals surface area contributed by atoms with Crippen molar-refractivity contribution in [3.63, 3.8) is 0 Å². The third-order valence-electron chi connectivity index (χ3n) is 9.01. The first kappa shape index (κ1) is 34.9. The number of aryl methyl sites for hydroxylation is 1. The van der Waals surface area contributed by atoms with Crippen LogP contribution in [0.4, 0.5) is 14.5 Å². The van der Waals surface area contributed by atoms with Gasteiger partial charge in [-0.2, -0.15) is 0 Å². The van der Waals surface area contributed by atoms with Gasteiger partial charge in [-0.05, 0) is 69.2 Å². The molecule has 0 spiro atoms. The molecule has 1 unspecified atom stereocenters. The number of nitrogens with two attached hydrogens (primary N) is 1. The minimum Gasteiger partial charge on any atom is -0.391 e. The molecule has 1 saturated heterocycles. The van der Waals surface area contributed by atoms with Crippen molar-refractivity contribution in [1.29, 1.82) is 0 Å². The Balaban J connectivity index is 1.67. The third-order valence-corrected chi connectivity index (χ3v) is 9.01. The van der Waals surface area contributed by atoms with Gasteiger partial charge in [0.1, 0.15) is 17.3 Å². The first-order chi connectivity index (χ1) is 21.9. The highest BCUT2D eigenvalue weighted by molar-refractivity contribution is 5.97. The van der Waals surface area contributed by atoms with E-state index in [9.17, 15) is 28.3 Å². The molecule has 0 bridgehead atoms. The van der Waals surface area contributed by atoms with Crippen molar-refractivity contribution in [3.8, 4) is 0 Å². The lowest BCUT2D eigenvalue weighted by Gasteiger charge is -2.42. The standard InChI is InChI=1S/C35H47F2N5O4/c1-5-9-41(10-6-2)32(44)25-13-23(3)19-35(20-25,34(38)46)29(16-24-14-26(36)17-27(37)15-24)31(43)21-39-28-18-30(40(4)22-28)33(45)42-11-7-8-12-42/h13-15,17-19,22,29,31,39,43H,5-12,16,20-21H2,1-4H3,(H2,38,46)/t29-,31+,35?/m1/s1. The van der Waals surface area contributed by atoms with Gasteiger partial charge in [-0.3, -0.25) is 14.4 Å². The molecule has 1 aromatic carbocycles. The van der Waals surface area contributed by atoms with Gasteiger partial charge >= 0.3 is 0 Å².